The van der Waals surface area contributed by atoms with Crippen LogP contribution in [0.4, 0.5) is 0 Å². The molecule has 0 N–H and O–H groups in total. The van der Waals surface area contributed by atoms with Crippen LogP contribution >= 0.6 is 11.3 Å². The van der Waals surface area contributed by atoms with Gasteiger partial charge in [-0.3, -0.25) is 0 Å². The van der Waals surface area contributed by atoms with Gasteiger partial charge in [0.25, 0.3) is 0 Å². The lowest BCUT2D eigenvalue weighted by Gasteiger charge is -2.19. The number of ether oxygens (including phenoxy) is 2. The van der Waals surface area contributed by atoms with Crippen LogP contribution in [-0.4, -0.2) is 25.2 Å². The molecule has 78 valence electrons. The molecular weight excluding hydrogens is 202 g/mol. The molecule has 0 fully saturated rings. The zero-order valence-electron chi connectivity index (χ0n) is 8.66. The predicted octanol–water partition coefficient (Wildman–Crippen LogP) is 1.81. The number of hydrogen-bond donors (Lipinski definition) is 0. The third-order valence-corrected chi connectivity index (χ3v) is 3.07. The summed E-state index contributed by atoms with van der Waals surface area (Å²) in [5.74, 6) is -0.417. The predicted molar refractivity (Wildman–Crippen MR) is 53.5 cm³/mol. The van der Waals surface area contributed by atoms with Crippen molar-refractivity contribution in [2.24, 2.45) is 0 Å². The summed E-state index contributed by atoms with van der Waals surface area (Å²) in [7, 11) is 2.95. The van der Waals surface area contributed by atoms with E-state index in [-0.39, 0.29) is 0 Å². The number of carbonyl (C=O) groups excluding carboxylic acids is 1. The summed E-state index contributed by atoms with van der Waals surface area (Å²) in [4.78, 5) is 15.3. The number of carbonyl (C=O) groups is 1. The van der Waals surface area contributed by atoms with E-state index in [1.807, 2.05) is 13.8 Å². The number of methoxy groups -OCH3 is 2. The number of nitrogens with zero attached hydrogens (tertiary/aromatic N) is 1. The van der Waals surface area contributed by atoms with Crippen molar-refractivity contribution < 1.29 is 14.3 Å². The largest absolute Gasteiger partial charge is 0.464 e. The minimum atomic E-state index is -0.461. The molecule has 1 rings (SSSR count). The summed E-state index contributed by atoms with van der Waals surface area (Å²) in [6, 6.07) is 0. The maximum atomic E-state index is 11.1. The van der Waals surface area contributed by atoms with E-state index in [1.165, 1.54) is 18.4 Å². The Morgan fingerprint density at radius 1 is 1.50 bits per heavy atom. The Balaban J connectivity index is 2.93. The first-order chi connectivity index (χ1) is 6.51. The van der Waals surface area contributed by atoms with E-state index in [1.54, 1.807) is 12.5 Å². The van der Waals surface area contributed by atoms with Gasteiger partial charge in [-0.2, -0.15) is 0 Å². The second kappa shape index (κ2) is 4.06. The average Bonchev–Trinajstić information content (AvgIpc) is 2.66. The molecule has 0 bridgehead atoms. The van der Waals surface area contributed by atoms with Crippen LogP contribution in [0.2, 0.25) is 0 Å². The van der Waals surface area contributed by atoms with Crippen LogP contribution in [0.25, 0.3) is 0 Å². The van der Waals surface area contributed by atoms with Crippen LogP contribution in [0.15, 0.2) is 5.38 Å². The van der Waals surface area contributed by atoms with E-state index in [2.05, 4.69) is 9.72 Å². The van der Waals surface area contributed by atoms with Gasteiger partial charge in [0.15, 0.2) is 5.69 Å². The monoisotopic (exact) mass is 215 g/mol. The van der Waals surface area contributed by atoms with Gasteiger partial charge < -0.3 is 9.47 Å². The lowest BCUT2D eigenvalue weighted by Crippen LogP contribution is -2.19. The van der Waals surface area contributed by atoms with Crippen LogP contribution < -0.4 is 0 Å². The smallest absolute Gasteiger partial charge is 0.357 e. The molecule has 5 heteroatoms. The Bertz CT molecular complexity index is 333. The van der Waals surface area contributed by atoms with Crippen LogP contribution in [-0.2, 0) is 15.1 Å². The molecule has 0 radical (unpaired) electrons. The number of rotatable bonds is 3. The van der Waals surface area contributed by atoms with Gasteiger partial charge in [-0.1, -0.05) is 0 Å². The molecule has 0 spiro atoms. The fourth-order valence-corrected chi connectivity index (χ4v) is 1.73. The molecule has 0 unspecified atom stereocenters. The highest BCUT2D eigenvalue weighted by Crippen LogP contribution is 2.26. The zero-order chi connectivity index (χ0) is 10.8. The lowest BCUT2D eigenvalue weighted by atomic mass is 10.1. The van der Waals surface area contributed by atoms with Gasteiger partial charge in [0.1, 0.15) is 10.6 Å². The third-order valence-electron chi connectivity index (χ3n) is 1.92. The van der Waals surface area contributed by atoms with Crippen molar-refractivity contribution in [1.82, 2.24) is 4.98 Å². The van der Waals surface area contributed by atoms with E-state index >= 15 is 0 Å². The van der Waals surface area contributed by atoms with Gasteiger partial charge in [-0.25, -0.2) is 9.78 Å². The highest BCUT2D eigenvalue weighted by molar-refractivity contribution is 7.10. The van der Waals surface area contributed by atoms with E-state index < -0.39 is 11.6 Å². The summed E-state index contributed by atoms with van der Waals surface area (Å²) < 4.78 is 9.81. The van der Waals surface area contributed by atoms with Gasteiger partial charge >= 0.3 is 5.97 Å². The standard InChI is InChI=1S/C9H13NO3S/c1-9(2,13-4)8-10-6(5-14-8)7(11)12-3/h5H,1-4H3. The molecule has 0 saturated carbocycles. The molecule has 0 aromatic carbocycles. The summed E-state index contributed by atoms with van der Waals surface area (Å²) in [6.07, 6.45) is 0. The van der Waals surface area contributed by atoms with Gasteiger partial charge in [0.2, 0.25) is 0 Å². The van der Waals surface area contributed by atoms with E-state index in [4.69, 9.17) is 4.74 Å². The molecule has 0 aliphatic carbocycles. The van der Waals surface area contributed by atoms with Crippen molar-refractivity contribution in [2.75, 3.05) is 14.2 Å². The SMILES string of the molecule is COC(=O)c1csc(C(C)(C)OC)n1. The quantitative estimate of drug-likeness (QED) is 0.721. The van der Waals surface area contributed by atoms with Gasteiger partial charge in [-0.15, -0.1) is 11.3 Å². The summed E-state index contributed by atoms with van der Waals surface area (Å²) in [6.45, 7) is 3.79. The van der Waals surface area contributed by atoms with Gasteiger partial charge in [0, 0.05) is 12.5 Å². The second-order valence-corrected chi connectivity index (χ2v) is 4.10. The fourth-order valence-electron chi connectivity index (χ4n) is 0.836. The number of hydrogen-bond acceptors (Lipinski definition) is 5. The van der Waals surface area contributed by atoms with Gasteiger partial charge in [-0.05, 0) is 13.8 Å². The van der Waals surface area contributed by atoms with Crippen molar-refractivity contribution in [3.8, 4) is 0 Å². The lowest BCUT2D eigenvalue weighted by molar-refractivity contribution is 0.0188. The second-order valence-electron chi connectivity index (χ2n) is 3.24. The summed E-state index contributed by atoms with van der Waals surface area (Å²) in [5, 5.41) is 2.43. The number of thiazole rings is 1. The normalized spacial score (nSPS) is 11.4. The van der Waals surface area contributed by atoms with E-state index in [9.17, 15) is 4.79 Å². The van der Waals surface area contributed by atoms with Crippen molar-refractivity contribution in [3.05, 3.63) is 16.1 Å². The first-order valence-electron chi connectivity index (χ1n) is 4.10. The molecule has 0 atom stereocenters. The third kappa shape index (κ3) is 2.10. The maximum absolute atomic E-state index is 11.1. The molecule has 0 saturated heterocycles. The topological polar surface area (TPSA) is 48.4 Å². The minimum Gasteiger partial charge on any atom is -0.464 e. The highest BCUT2D eigenvalue weighted by atomic mass is 32.1. The molecule has 0 aliphatic heterocycles. The molecular formula is C9H13NO3S. The molecule has 14 heavy (non-hydrogen) atoms. The summed E-state index contributed by atoms with van der Waals surface area (Å²) >= 11 is 1.39. The molecule has 1 heterocycles. The van der Waals surface area contributed by atoms with Crippen LogP contribution in [0.5, 0.6) is 0 Å². The first-order valence-corrected chi connectivity index (χ1v) is 4.98. The van der Waals surface area contributed by atoms with E-state index in [0.717, 1.165) is 5.01 Å². The van der Waals surface area contributed by atoms with Crippen molar-refractivity contribution in [3.63, 3.8) is 0 Å². The van der Waals surface area contributed by atoms with Crippen LogP contribution in [0, 0.1) is 0 Å². The van der Waals surface area contributed by atoms with Crippen molar-refractivity contribution in [1.29, 1.82) is 0 Å². The molecule has 1 aromatic heterocycles. The first kappa shape index (κ1) is 11.1. The van der Waals surface area contributed by atoms with Crippen molar-refractivity contribution in [2.45, 2.75) is 19.4 Å². The van der Waals surface area contributed by atoms with Crippen LogP contribution in [0.3, 0.4) is 0 Å². The summed E-state index contributed by atoms with van der Waals surface area (Å²) in [5.41, 5.74) is -0.130. The zero-order valence-corrected chi connectivity index (χ0v) is 9.47. The molecule has 4 nitrogen and oxygen atoms in total. The van der Waals surface area contributed by atoms with Crippen molar-refractivity contribution >= 4 is 17.3 Å². The Morgan fingerprint density at radius 2 is 2.14 bits per heavy atom. The maximum Gasteiger partial charge on any atom is 0.357 e. The molecule has 0 aliphatic rings. The Kier molecular flexibility index (Phi) is 3.23. The Hall–Kier alpha value is -0.940. The fraction of sp³-hybridized carbons (Fsp3) is 0.556. The molecule has 0 amide bonds. The van der Waals surface area contributed by atoms with Gasteiger partial charge in [0.05, 0.1) is 7.11 Å². The average molecular weight is 215 g/mol. The van der Waals surface area contributed by atoms with Crippen LogP contribution in [0.1, 0.15) is 29.3 Å². The minimum absolute atomic E-state index is 0.331. The Labute approximate surface area is 86.9 Å². The highest BCUT2D eigenvalue weighted by Gasteiger charge is 2.24. The Morgan fingerprint density at radius 3 is 2.64 bits per heavy atom. The number of esters is 1. The number of aromatic nitrogens is 1. The molecule has 1 aromatic rings. The van der Waals surface area contributed by atoms with E-state index in [0.29, 0.717) is 5.69 Å².